The van der Waals surface area contributed by atoms with Gasteiger partial charge in [-0.25, -0.2) is 0 Å². The summed E-state index contributed by atoms with van der Waals surface area (Å²) in [5.74, 6) is 6.81. The first-order valence-electron chi connectivity index (χ1n) is 43.9. The van der Waals surface area contributed by atoms with E-state index < -0.39 is 0 Å². The number of piperidine rings is 3. The summed E-state index contributed by atoms with van der Waals surface area (Å²) in [6.45, 7) is 67.5. The van der Waals surface area contributed by atoms with Crippen LogP contribution in [0.4, 0.5) is 0 Å². The van der Waals surface area contributed by atoms with Crippen molar-refractivity contribution in [2.75, 3.05) is 227 Å². The fraction of sp³-hybridized carbons (Fsp3) is 0.911. The van der Waals surface area contributed by atoms with Crippen LogP contribution in [-0.4, -0.2) is 354 Å². The minimum atomic E-state index is 0. The van der Waals surface area contributed by atoms with Gasteiger partial charge in [-0.05, 0) is 141 Å². The molecule has 8 fully saturated rings. The van der Waals surface area contributed by atoms with E-state index in [-0.39, 0.29) is 26.7 Å². The molecule has 8 saturated heterocycles. The lowest BCUT2D eigenvalue weighted by Gasteiger charge is -2.40. The van der Waals surface area contributed by atoms with Crippen molar-refractivity contribution < 1.29 is 47.3 Å². The molecule has 8 aliphatic rings. The van der Waals surface area contributed by atoms with Crippen molar-refractivity contribution in [3.63, 3.8) is 0 Å². The normalized spacial score (nSPS) is 19.7. The summed E-state index contributed by atoms with van der Waals surface area (Å²) in [5, 5.41) is 0. The quantitative estimate of drug-likeness (QED) is 0.119. The number of carbonyl (C=O) groups is 8. The van der Waals surface area contributed by atoms with Gasteiger partial charge in [0.05, 0.1) is 80.5 Å². The zero-order valence-electron chi connectivity index (χ0n) is 76.7. The maximum absolute atomic E-state index is 12.1. The Morgan fingerprint density at radius 1 is 0.295 bits per heavy atom. The topological polar surface area (TPSA) is 175 Å². The lowest BCUT2D eigenvalue weighted by Crippen LogP contribution is -2.57. The van der Waals surface area contributed by atoms with Crippen LogP contribution >= 0.6 is 0 Å². The number of nitrogens with zero attached hydrogens (tertiary/aromatic N) is 14. The third-order valence-electron chi connectivity index (χ3n) is 22.9. The first-order chi connectivity index (χ1) is 51.3. The van der Waals surface area contributed by atoms with Gasteiger partial charge >= 0.3 is 0 Å². The van der Waals surface area contributed by atoms with Gasteiger partial charge in [0, 0.05) is 180 Å². The van der Waals surface area contributed by atoms with E-state index in [1.54, 1.807) is 0 Å². The highest BCUT2D eigenvalue weighted by atomic mass is 16.2. The second kappa shape index (κ2) is 57.6. The molecule has 8 rings (SSSR count). The van der Waals surface area contributed by atoms with Crippen LogP contribution in [0.2, 0.25) is 0 Å². The van der Waals surface area contributed by atoms with Crippen LogP contribution in [0, 0.1) is 59.2 Å². The smallest absolute Gasteiger partial charge is 0.226 e. The van der Waals surface area contributed by atoms with E-state index in [9.17, 15) is 38.4 Å². The molecule has 0 radical (unpaired) electrons. The van der Waals surface area contributed by atoms with Gasteiger partial charge in [-0.15, -0.1) is 0 Å². The van der Waals surface area contributed by atoms with Crippen molar-refractivity contribution in [2.45, 2.75) is 255 Å². The van der Waals surface area contributed by atoms with Crippen LogP contribution in [0.25, 0.3) is 0 Å². The third-order valence-corrected chi connectivity index (χ3v) is 22.9. The number of likely N-dealkylation sites (N-methyl/N-ethyl adjacent to an activating group) is 4. The summed E-state index contributed by atoms with van der Waals surface area (Å²) in [6, 6.07) is 1.26. The summed E-state index contributed by atoms with van der Waals surface area (Å²) in [4.78, 5) is 119. The molecule has 0 saturated carbocycles. The van der Waals surface area contributed by atoms with Crippen molar-refractivity contribution in [2.24, 2.45) is 59.2 Å². The number of likely N-dealkylation sites (tertiary alicyclic amines) is 3. The molecular weight excluding hydrogens is 1410 g/mol. The van der Waals surface area contributed by atoms with Crippen molar-refractivity contribution in [1.82, 2.24) is 58.8 Å². The number of quaternary nitrogens is 2. The summed E-state index contributed by atoms with van der Waals surface area (Å²) in [5.41, 5.74) is 0. The average Bonchev–Trinajstić information content (AvgIpc) is 0.854. The molecule has 2 atom stereocenters. The van der Waals surface area contributed by atoms with Crippen LogP contribution in [0.15, 0.2) is 0 Å². The molecule has 8 heterocycles. The lowest BCUT2D eigenvalue weighted by molar-refractivity contribution is -0.894. The van der Waals surface area contributed by atoms with Gasteiger partial charge < -0.3 is 62.9 Å². The van der Waals surface area contributed by atoms with Crippen molar-refractivity contribution in [3.8, 4) is 0 Å². The summed E-state index contributed by atoms with van der Waals surface area (Å²) < 4.78 is 2.09. The number of hydrogen-bond donors (Lipinski definition) is 0. The number of amides is 8. The molecule has 22 heteroatoms. The van der Waals surface area contributed by atoms with Crippen LogP contribution < -0.4 is 0 Å². The Kier molecular flexibility index (Phi) is 56.3. The predicted molar refractivity (Wildman–Crippen MR) is 471 cm³/mol. The van der Waals surface area contributed by atoms with Crippen molar-refractivity contribution in [3.05, 3.63) is 0 Å². The monoisotopic (exact) mass is 1590 g/mol. The number of rotatable bonds is 18. The third kappa shape index (κ3) is 47.7. The molecule has 8 amide bonds. The van der Waals surface area contributed by atoms with Gasteiger partial charge in [0.15, 0.2) is 0 Å². The Morgan fingerprint density at radius 2 is 0.509 bits per heavy atom. The van der Waals surface area contributed by atoms with Crippen LogP contribution in [0.1, 0.15) is 243 Å². The zero-order chi connectivity index (χ0) is 83.8. The molecule has 0 N–H and O–H groups in total. The number of carbonyl (C=O) groups excluding carboxylic acids is 8. The van der Waals surface area contributed by atoms with E-state index in [1.807, 2.05) is 53.0 Å². The highest BCUT2D eigenvalue weighted by Gasteiger charge is 2.33. The molecule has 0 spiro atoms. The molecule has 660 valence electrons. The molecule has 8 aliphatic heterocycles. The molecule has 0 aromatic rings. The molecule has 112 heavy (non-hydrogen) atoms. The Bertz CT molecular complexity index is 2450. The van der Waals surface area contributed by atoms with E-state index in [0.717, 1.165) is 205 Å². The minimum absolute atomic E-state index is 0. The standard InChI is InChI=1S/C12H25N2O.2C12H24N2O.C11H23N2O.C11H22N2O.C10H20N2O.2C10H19NO.2CH4/c1-10(2)11(3)12(15)13-6-8-14(4,5)9-7-13;1-10(2)9-12(15)14-7-5-11(6-8-14)13(3)4;1-10(2)9-12(15)14-7-5-13(6-8-14)11(3)4;1-10(2)9-11(14)12-5-7-13(3,4)8-6-12;1-9(2)10(3)11(14)13-7-5-12(4)6-8-13;1-9(2)8-10(13)12-6-4-11(3)5-7-12;2*1-9(2)8-10(12)11-6-4-3-5-7-11;;/h10-11H,6-9H2,1-5H3;2*10-11H,5-9H2,1-4H3;10H,5-9H2,1-4H3;9-10H,5-8H2,1-4H3;9H,4-8H2,1-3H3;2*9H,3-8H2,1-2H3;2*1H4/q+1;;;+1;;;;;;. The number of hydrogen-bond acceptors (Lipinski definition) is 12. The molecule has 22 nitrogen and oxygen atoms in total. The van der Waals surface area contributed by atoms with E-state index >= 15 is 0 Å². The molecule has 0 aromatic heterocycles. The van der Waals surface area contributed by atoms with E-state index in [0.29, 0.717) is 132 Å². The Balaban J connectivity index is 0. The Morgan fingerprint density at radius 3 is 0.750 bits per heavy atom. The molecular formula is C90H184N14O8+2. The predicted octanol–water partition coefficient (Wildman–Crippen LogP) is 12.5. The van der Waals surface area contributed by atoms with Crippen molar-refractivity contribution >= 4 is 47.3 Å². The summed E-state index contributed by atoms with van der Waals surface area (Å²) in [6.07, 6.45) is 13.9. The van der Waals surface area contributed by atoms with Gasteiger partial charge in [0.1, 0.15) is 0 Å². The molecule has 0 aliphatic carbocycles. The second-order valence-corrected chi connectivity index (χ2v) is 38.4. The average molecular weight is 1590 g/mol. The molecule has 2 unspecified atom stereocenters. The van der Waals surface area contributed by atoms with Crippen molar-refractivity contribution in [1.29, 1.82) is 0 Å². The highest BCUT2D eigenvalue weighted by Crippen LogP contribution is 2.21. The summed E-state index contributed by atoms with van der Waals surface area (Å²) in [7, 11) is 17.4. The van der Waals surface area contributed by atoms with E-state index in [1.165, 1.54) is 38.5 Å². The maximum atomic E-state index is 12.1. The van der Waals surface area contributed by atoms with Crippen LogP contribution in [0.3, 0.4) is 0 Å². The summed E-state index contributed by atoms with van der Waals surface area (Å²) >= 11 is 0. The SMILES string of the molecule is C.C.CC(C)C(C)C(=O)N1CCN(C)CC1.CC(C)C(C)C(=O)N1CC[N+](C)(C)CC1.CC(C)CC(=O)N1CCC(N(C)C)CC1.CC(C)CC(=O)N1CCCCC1.CC(C)CC(=O)N1CCCCC1.CC(C)CC(=O)N1CCN(C(C)C)CC1.CC(C)CC(=O)N1CCN(C)CC1.CC(C)CC(=O)N1CC[N+](C)(C)CC1. The van der Waals surface area contributed by atoms with Gasteiger partial charge in [-0.1, -0.05) is 139 Å². The largest absolute Gasteiger partial charge is 0.343 e. The van der Waals surface area contributed by atoms with Gasteiger partial charge in [0.2, 0.25) is 47.3 Å². The fourth-order valence-electron chi connectivity index (χ4n) is 14.0. The van der Waals surface area contributed by atoms with Gasteiger partial charge in [-0.2, -0.15) is 0 Å². The van der Waals surface area contributed by atoms with Crippen LogP contribution in [-0.2, 0) is 38.4 Å². The second-order valence-electron chi connectivity index (χ2n) is 38.4. The van der Waals surface area contributed by atoms with E-state index in [4.69, 9.17) is 0 Å². The maximum Gasteiger partial charge on any atom is 0.226 e. The van der Waals surface area contributed by atoms with Gasteiger partial charge in [-0.3, -0.25) is 43.3 Å². The Hall–Kier alpha value is -4.48. The molecule has 0 bridgehead atoms. The first kappa shape index (κ1) is 110. The lowest BCUT2D eigenvalue weighted by atomic mass is 9.96. The van der Waals surface area contributed by atoms with Crippen LogP contribution in [0.5, 0.6) is 0 Å². The van der Waals surface area contributed by atoms with E-state index in [2.05, 4.69) is 201 Å². The number of piperazine rings is 5. The highest BCUT2D eigenvalue weighted by molar-refractivity contribution is 5.80. The molecule has 0 aromatic carbocycles. The minimum Gasteiger partial charge on any atom is -0.343 e. The Labute approximate surface area is 691 Å². The first-order valence-corrected chi connectivity index (χ1v) is 43.9. The zero-order valence-corrected chi connectivity index (χ0v) is 76.7. The van der Waals surface area contributed by atoms with Gasteiger partial charge in [0.25, 0.3) is 0 Å². The fourth-order valence-corrected chi connectivity index (χ4v) is 14.0.